The number of rotatable bonds is 4. The molecule has 2 unspecified atom stereocenters. The van der Waals surface area contributed by atoms with E-state index in [4.69, 9.17) is 0 Å². The molecule has 6 heteroatoms. The van der Waals surface area contributed by atoms with E-state index in [1.54, 1.807) is 0 Å². The molecule has 0 saturated carbocycles. The van der Waals surface area contributed by atoms with E-state index in [2.05, 4.69) is 10.6 Å². The second kappa shape index (κ2) is 7.07. The molecule has 4 nitrogen and oxygen atoms in total. The molecule has 2 aromatic carbocycles. The Labute approximate surface area is 138 Å². The number of benzene rings is 2. The van der Waals surface area contributed by atoms with Crippen LogP contribution in [0.2, 0.25) is 0 Å². The Bertz CT molecular complexity index is 731. The predicted molar refractivity (Wildman–Crippen MR) is 85.2 cm³/mol. The predicted octanol–water partition coefficient (Wildman–Crippen LogP) is 2.00. The van der Waals surface area contributed by atoms with Crippen molar-refractivity contribution in [2.24, 2.45) is 0 Å². The van der Waals surface area contributed by atoms with Crippen molar-refractivity contribution in [3.05, 3.63) is 70.8 Å². The molecule has 3 N–H and O–H groups in total. The lowest BCUT2D eigenvalue weighted by atomic mass is 9.94. The fraction of sp³-hybridized carbons (Fsp3) is 0.278. The quantitative estimate of drug-likeness (QED) is 0.803. The third kappa shape index (κ3) is 3.29. The Hall–Kier alpha value is -2.31. The number of hydrogen-bond donors (Lipinski definition) is 3. The van der Waals surface area contributed by atoms with E-state index in [-0.39, 0.29) is 12.5 Å². The summed E-state index contributed by atoms with van der Waals surface area (Å²) in [6, 6.07) is 10.5. The number of halogens is 2. The molecule has 3 rings (SSSR count). The maximum atomic E-state index is 13.7. The van der Waals surface area contributed by atoms with Crippen LogP contribution in [0.3, 0.4) is 0 Å². The molecular formula is C18H18F2N2O2. The van der Waals surface area contributed by atoms with Gasteiger partial charge in [-0.05, 0) is 29.7 Å². The first-order valence-electron chi connectivity index (χ1n) is 7.79. The zero-order valence-corrected chi connectivity index (χ0v) is 12.9. The highest BCUT2D eigenvalue weighted by molar-refractivity contribution is 5.84. The minimum atomic E-state index is -1.45. The van der Waals surface area contributed by atoms with Crippen LogP contribution in [0, 0.1) is 11.6 Å². The van der Waals surface area contributed by atoms with Gasteiger partial charge in [-0.15, -0.1) is 0 Å². The van der Waals surface area contributed by atoms with E-state index >= 15 is 0 Å². The largest absolute Gasteiger partial charge is 0.386 e. The van der Waals surface area contributed by atoms with Crippen LogP contribution in [0.25, 0.3) is 0 Å². The first-order valence-corrected chi connectivity index (χ1v) is 7.79. The van der Waals surface area contributed by atoms with Crippen LogP contribution >= 0.6 is 0 Å². The monoisotopic (exact) mass is 332 g/mol. The maximum Gasteiger partial charge on any atom is 0.241 e. The van der Waals surface area contributed by atoms with E-state index in [1.807, 2.05) is 24.3 Å². The molecule has 1 aliphatic heterocycles. The number of aliphatic hydroxyl groups is 1. The number of carbonyl (C=O) groups excluding carboxylic acids is 1. The van der Waals surface area contributed by atoms with Crippen LogP contribution in [0.4, 0.5) is 8.78 Å². The van der Waals surface area contributed by atoms with Crippen LogP contribution in [-0.4, -0.2) is 24.1 Å². The standard InChI is InChI=1S/C18H18F2N2O2/c19-13-6-3-7-14(20)16(13)15(23)10-22-18(24)17-12-5-2-1-4-11(12)8-9-21-17/h1-7,15,17,21,23H,8-10H2,(H,22,24). The lowest BCUT2D eigenvalue weighted by Crippen LogP contribution is -2.42. The summed E-state index contributed by atoms with van der Waals surface area (Å²) in [6.07, 6.45) is -0.614. The Morgan fingerprint density at radius 3 is 2.67 bits per heavy atom. The average molecular weight is 332 g/mol. The van der Waals surface area contributed by atoms with Crippen LogP contribution < -0.4 is 10.6 Å². The van der Waals surface area contributed by atoms with Gasteiger partial charge >= 0.3 is 0 Å². The summed E-state index contributed by atoms with van der Waals surface area (Å²) < 4.78 is 27.3. The number of nitrogens with one attached hydrogen (secondary N) is 2. The lowest BCUT2D eigenvalue weighted by Gasteiger charge is -2.26. The van der Waals surface area contributed by atoms with Gasteiger partial charge in [0.1, 0.15) is 23.8 Å². The fourth-order valence-electron chi connectivity index (χ4n) is 2.97. The number of amides is 1. The lowest BCUT2D eigenvalue weighted by molar-refractivity contribution is -0.124. The van der Waals surface area contributed by atoms with Crippen molar-refractivity contribution in [1.29, 1.82) is 0 Å². The minimum Gasteiger partial charge on any atom is -0.386 e. The summed E-state index contributed by atoms with van der Waals surface area (Å²) in [5.74, 6) is -2.01. The smallest absolute Gasteiger partial charge is 0.241 e. The van der Waals surface area contributed by atoms with E-state index in [9.17, 15) is 18.7 Å². The van der Waals surface area contributed by atoms with Gasteiger partial charge in [0, 0.05) is 13.1 Å². The molecule has 1 amide bonds. The van der Waals surface area contributed by atoms with E-state index < -0.39 is 29.3 Å². The fourth-order valence-corrected chi connectivity index (χ4v) is 2.97. The van der Waals surface area contributed by atoms with E-state index in [0.29, 0.717) is 6.54 Å². The van der Waals surface area contributed by atoms with Gasteiger partial charge in [0.2, 0.25) is 5.91 Å². The normalized spacial score (nSPS) is 17.9. The molecule has 0 fully saturated rings. The first kappa shape index (κ1) is 16.5. The zero-order valence-electron chi connectivity index (χ0n) is 12.9. The van der Waals surface area contributed by atoms with Gasteiger partial charge in [-0.2, -0.15) is 0 Å². The SMILES string of the molecule is O=C(NCC(O)c1c(F)cccc1F)C1NCCc2ccccc21. The van der Waals surface area contributed by atoms with E-state index in [1.165, 1.54) is 6.07 Å². The average Bonchev–Trinajstić information content (AvgIpc) is 2.59. The summed E-state index contributed by atoms with van der Waals surface area (Å²) in [5, 5.41) is 15.7. The van der Waals surface area contributed by atoms with Crippen molar-refractivity contribution >= 4 is 5.91 Å². The summed E-state index contributed by atoms with van der Waals surface area (Å²) in [7, 11) is 0. The highest BCUT2D eigenvalue weighted by Crippen LogP contribution is 2.23. The number of fused-ring (bicyclic) bond motifs is 1. The third-order valence-corrected chi connectivity index (χ3v) is 4.17. The van der Waals surface area contributed by atoms with Crippen molar-refractivity contribution < 1.29 is 18.7 Å². The summed E-state index contributed by atoms with van der Waals surface area (Å²) in [6.45, 7) is 0.399. The van der Waals surface area contributed by atoms with Gasteiger partial charge in [0.05, 0.1) is 5.56 Å². The molecule has 2 atom stereocenters. The van der Waals surface area contributed by atoms with Crippen molar-refractivity contribution in [2.45, 2.75) is 18.6 Å². The molecule has 0 spiro atoms. The van der Waals surface area contributed by atoms with Gasteiger partial charge in [0.15, 0.2) is 0 Å². The Morgan fingerprint density at radius 1 is 1.21 bits per heavy atom. The van der Waals surface area contributed by atoms with E-state index in [0.717, 1.165) is 29.7 Å². The maximum absolute atomic E-state index is 13.7. The topological polar surface area (TPSA) is 61.4 Å². The number of hydrogen-bond acceptors (Lipinski definition) is 3. The molecule has 0 saturated heterocycles. The van der Waals surface area contributed by atoms with Crippen LogP contribution in [0.15, 0.2) is 42.5 Å². The highest BCUT2D eigenvalue weighted by Gasteiger charge is 2.26. The van der Waals surface area contributed by atoms with Crippen LogP contribution in [-0.2, 0) is 11.2 Å². The molecular weight excluding hydrogens is 314 g/mol. The van der Waals surface area contributed by atoms with Gasteiger partial charge in [-0.3, -0.25) is 4.79 Å². The van der Waals surface area contributed by atoms with Crippen molar-refractivity contribution in [1.82, 2.24) is 10.6 Å². The molecule has 24 heavy (non-hydrogen) atoms. The molecule has 0 radical (unpaired) electrons. The van der Waals surface area contributed by atoms with Crippen molar-refractivity contribution in [3.8, 4) is 0 Å². The minimum absolute atomic E-state index is 0.267. The van der Waals surface area contributed by atoms with Crippen molar-refractivity contribution in [2.75, 3.05) is 13.1 Å². The Morgan fingerprint density at radius 2 is 1.92 bits per heavy atom. The van der Waals surface area contributed by atoms with Gasteiger partial charge in [-0.25, -0.2) is 8.78 Å². The number of carbonyl (C=O) groups is 1. The second-order valence-corrected chi connectivity index (χ2v) is 5.73. The van der Waals surface area contributed by atoms with Crippen LogP contribution in [0.1, 0.15) is 28.8 Å². The number of aliphatic hydroxyl groups excluding tert-OH is 1. The highest BCUT2D eigenvalue weighted by atomic mass is 19.1. The second-order valence-electron chi connectivity index (χ2n) is 5.73. The summed E-state index contributed by atoms with van der Waals surface area (Å²) in [4.78, 5) is 12.4. The first-order chi connectivity index (χ1) is 11.6. The summed E-state index contributed by atoms with van der Waals surface area (Å²) >= 11 is 0. The van der Waals surface area contributed by atoms with Gasteiger partial charge in [-0.1, -0.05) is 30.3 Å². The Kier molecular flexibility index (Phi) is 4.87. The van der Waals surface area contributed by atoms with Gasteiger partial charge < -0.3 is 15.7 Å². The zero-order chi connectivity index (χ0) is 17.1. The molecule has 0 bridgehead atoms. The summed E-state index contributed by atoms with van der Waals surface area (Å²) in [5.41, 5.74) is 1.54. The van der Waals surface area contributed by atoms with Gasteiger partial charge in [0.25, 0.3) is 0 Å². The molecule has 0 aromatic heterocycles. The van der Waals surface area contributed by atoms with Crippen LogP contribution in [0.5, 0.6) is 0 Å². The molecule has 2 aromatic rings. The Balaban J connectivity index is 1.68. The molecule has 1 aliphatic rings. The van der Waals surface area contributed by atoms with Crippen molar-refractivity contribution in [3.63, 3.8) is 0 Å². The molecule has 126 valence electrons. The third-order valence-electron chi connectivity index (χ3n) is 4.17. The molecule has 1 heterocycles. The molecule has 0 aliphatic carbocycles.